The van der Waals surface area contributed by atoms with Crippen LogP contribution in [0, 0.1) is 6.92 Å². The predicted octanol–water partition coefficient (Wildman–Crippen LogP) is 0.671. The maximum absolute atomic E-state index is 12.0. The molecule has 1 atom stereocenters. The fourth-order valence-electron chi connectivity index (χ4n) is 1.48. The summed E-state index contributed by atoms with van der Waals surface area (Å²) >= 11 is 0. The molecule has 18 heavy (non-hydrogen) atoms. The number of rotatable bonds is 6. The van der Waals surface area contributed by atoms with Crippen molar-refractivity contribution in [3.63, 3.8) is 0 Å². The van der Waals surface area contributed by atoms with E-state index in [1.54, 1.807) is 12.1 Å². The lowest BCUT2D eigenvalue weighted by atomic mass is 10.1. The Morgan fingerprint density at radius 3 is 2.67 bits per heavy atom. The second kappa shape index (κ2) is 5.79. The van der Waals surface area contributed by atoms with E-state index < -0.39 is 15.6 Å². The van der Waals surface area contributed by atoms with Crippen molar-refractivity contribution in [3.05, 3.63) is 29.8 Å². The standard InChI is InChI=1S/C12H19NO4S/c1-10-5-4-6-11(7-10)18(15,16)13-8-12(2,14)9-17-3/h4-7,13-14H,8-9H2,1-3H3. The number of methoxy groups -OCH3 is 1. The molecule has 5 nitrogen and oxygen atoms in total. The highest BCUT2D eigenvalue weighted by Crippen LogP contribution is 2.11. The van der Waals surface area contributed by atoms with E-state index in [1.165, 1.54) is 20.1 Å². The third kappa shape index (κ3) is 4.38. The first-order chi connectivity index (χ1) is 8.27. The summed E-state index contributed by atoms with van der Waals surface area (Å²) in [5.74, 6) is 0. The molecule has 2 N–H and O–H groups in total. The number of hydrogen-bond acceptors (Lipinski definition) is 4. The molecule has 0 aliphatic heterocycles. The molecule has 102 valence electrons. The smallest absolute Gasteiger partial charge is 0.240 e. The fraction of sp³-hybridized carbons (Fsp3) is 0.500. The van der Waals surface area contributed by atoms with Gasteiger partial charge in [0.1, 0.15) is 0 Å². The third-order valence-corrected chi connectivity index (χ3v) is 3.80. The number of sulfonamides is 1. The van der Waals surface area contributed by atoms with Gasteiger partial charge in [-0.1, -0.05) is 12.1 Å². The second-order valence-corrected chi connectivity index (χ2v) is 6.34. The number of hydrogen-bond donors (Lipinski definition) is 2. The summed E-state index contributed by atoms with van der Waals surface area (Å²) in [5, 5.41) is 9.83. The van der Waals surface area contributed by atoms with Crippen molar-refractivity contribution in [2.45, 2.75) is 24.3 Å². The van der Waals surface area contributed by atoms with Crippen LogP contribution >= 0.6 is 0 Å². The second-order valence-electron chi connectivity index (χ2n) is 4.57. The highest BCUT2D eigenvalue weighted by atomic mass is 32.2. The zero-order valence-electron chi connectivity index (χ0n) is 10.8. The van der Waals surface area contributed by atoms with Crippen molar-refractivity contribution in [2.24, 2.45) is 0 Å². The van der Waals surface area contributed by atoms with Crippen molar-refractivity contribution >= 4 is 10.0 Å². The molecule has 6 heteroatoms. The maximum atomic E-state index is 12.0. The average molecular weight is 273 g/mol. The van der Waals surface area contributed by atoms with Gasteiger partial charge in [-0.05, 0) is 31.5 Å². The Kier molecular flexibility index (Phi) is 4.86. The molecular formula is C12H19NO4S. The van der Waals surface area contributed by atoms with E-state index in [1.807, 2.05) is 13.0 Å². The summed E-state index contributed by atoms with van der Waals surface area (Å²) < 4.78 is 31.1. The topological polar surface area (TPSA) is 75.6 Å². The minimum absolute atomic E-state index is 0.0589. The van der Waals surface area contributed by atoms with Crippen LogP contribution in [0.2, 0.25) is 0 Å². The Bertz CT molecular complexity index is 497. The minimum Gasteiger partial charge on any atom is -0.386 e. The number of ether oxygens (including phenoxy) is 1. The van der Waals surface area contributed by atoms with E-state index in [0.717, 1.165) is 5.56 Å². The largest absolute Gasteiger partial charge is 0.386 e. The third-order valence-electron chi connectivity index (χ3n) is 2.40. The summed E-state index contributed by atoms with van der Waals surface area (Å²) in [4.78, 5) is 0.190. The lowest BCUT2D eigenvalue weighted by Gasteiger charge is -2.22. The van der Waals surface area contributed by atoms with E-state index in [0.29, 0.717) is 0 Å². The van der Waals surface area contributed by atoms with Crippen molar-refractivity contribution < 1.29 is 18.3 Å². The van der Waals surface area contributed by atoms with Gasteiger partial charge in [0.05, 0.1) is 17.1 Å². The van der Waals surface area contributed by atoms with Crippen LogP contribution in [0.5, 0.6) is 0 Å². The SMILES string of the molecule is COCC(C)(O)CNS(=O)(=O)c1cccc(C)c1. The average Bonchev–Trinajstić information content (AvgIpc) is 2.27. The zero-order chi connectivity index (χ0) is 13.8. The Morgan fingerprint density at radius 1 is 1.44 bits per heavy atom. The first-order valence-corrected chi connectivity index (χ1v) is 7.03. The molecule has 0 amide bonds. The van der Waals surface area contributed by atoms with Crippen LogP contribution in [-0.2, 0) is 14.8 Å². The molecule has 0 radical (unpaired) electrons. The highest BCUT2D eigenvalue weighted by Gasteiger charge is 2.24. The molecule has 0 saturated heterocycles. The van der Waals surface area contributed by atoms with Gasteiger partial charge >= 0.3 is 0 Å². The minimum atomic E-state index is -3.60. The molecule has 1 aromatic rings. The van der Waals surface area contributed by atoms with E-state index >= 15 is 0 Å². The van der Waals surface area contributed by atoms with E-state index in [2.05, 4.69) is 4.72 Å². The maximum Gasteiger partial charge on any atom is 0.240 e. The van der Waals surface area contributed by atoms with Crippen LogP contribution < -0.4 is 4.72 Å². The molecule has 0 aromatic heterocycles. The molecule has 1 aromatic carbocycles. The van der Waals surface area contributed by atoms with Gasteiger partial charge in [0.2, 0.25) is 10.0 Å². The summed E-state index contributed by atoms with van der Waals surface area (Å²) in [6.45, 7) is 3.29. The number of benzene rings is 1. The molecule has 0 aliphatic rings. The Labute approximate surface area is 108 Å². The van der Waals surface area contributed by atoms with E-state index in [-0.39, 0.29) is 18.0 Å². The Hall–Kier alpha value is -0.950. The first kappa shape index (κ1) is 15.1. The van der Waals surface area contributed by atoms with E-state index in [9.17, 15) is 13.5 Å². The molecule has 0 saturated carbocycles. The van der Waals surface area contributed by atoms with Gasteiger partial charge in [-0.2, -0.15) is 0 Å². The van der Waals surface area contributed by atoms with Crippen molar-refractivity contribution in [3.8, 4) is 0 Å². The lowest BCUT2D eigenvalue weighted by Crippen LogP contribution is -2.43. The normalized spacial score (nSPS) is 15.3. The van der Waals surface area contributed by atoms with Gasteiger partial charge < -0.3 is 9.84 Å². The van der Waals surface area contributed by atoms with Gasteiger partial charge in [0.15, 0.2) is 0 Å². The number of nitrogens with one attached hydrogen (secondary N) is 1. The van der Waals surface area contributed by atoms with Crippen molar-refractivity contribution in [1.29, 1.82) is 0 Å². The molecule has 0 spiro atoms. The summed E-state index contributed by atoms with van der Waals surface area (Å²) in [6, 6.07) is 6.59. The predicted molar refractivity (Wildman–Crippen MR) is 68.9 cm³/mol. The van der Waals surface area contributed by atoms with Crippen LogP contribution in [0.25, 0.3) is 0 Å². The van der Waals surface area contributed by atoms with Crippen molar-refractivity contribution in [2.75, 3.05) is 20.3 Å². The molecule has 0 heterocycles. The quantitative estimate of drug-likeness (QED) is 0.799. The lowest BCUT2D eigenvalue weighted by molar-refractivity contribution is -0.0119. The summed E-state index contributed by atoms with van der Waals surface area (Å²) in [5.41, 5.74) is -0.368. The zero-order valence-corrected chi connectivity index (χ0v) is 11.6. The van der Waals surface area contributed by atoms with Crippen LogP contribution in [0.15, 0.2) is 29.2 Å². The van der Waals surface area contributed by atoms with Crippen molar-refractivity contribution in [1.82, 2.24) is 4.72 Å². The monoisotopic (exact) mass is 273 g/mol. The van der Waals surface area contributed by atoms with Gasteiger partial charge in [-0.15, -0.1) is 0 Å². The van der Waals surface area contributed by atoms with Gasteiger partial charge in [0, 0.05) is 13.7 Å². The summed E-state index contributed by atoms with van der Waals surface area (Å²) in [6.07, 6.45) is 0. The highest BCUT2D eigenvalue weighted by molar-refractivity contribution is 7.89. The van der Waals surface area contributed by atoms with Crippen LogP contribution in [0.4, 0.5) is 0 Å². The number of aryl methyl sites for hydroxylation is 1. The van der Waals surface area contributed by atoms with Crippen LogP contribution in [0.1, 0.15) is 12.5 Å². The molecule has 0 bridgehead atoms. The molecular weight excluding hydrogens is 254 g/mol. The fourth-order valence-corrected chi connectivity index (χ4v) is 2.74. The van der Waals surface area contributed by atoms with Gasteiger partial charge in [-0.25, -0.2) is 13.1 Å². The Morgan fingerprint density at radius 2 is 2.11 bits per heavy atom. The summed E-state index contributed by atoms with van der Waals surface area (Å²) in [7, 11) is -2.15. The Balaban J connectivity index is 2.78. The van der Waals surface area contributed by atoms with E-state index in [4.69, 9.17) is 4.74 Å². The molecule has 0 fully saturated rings. The first-order valence-electron chi connectivity index (χ1n) is 5.54. The molecule has 1 unspecified atom stereocenters. The van der Waals surface area contributed by atoms with Gasteiger partial charge in [-0.3, -0.25) is 0 Å². The number of aliphatic hydroxyl groups is 1. The molecule has 0 aliphatic carbocycles. The molecule has 1 rings (SSSR count). The van der Waals surface area contributed by atoms with Gasteiger partial charge in [0.25, 0.3) is 0 Å². The van der Waals surface area contributed by atoms with Crippen LogP contribution in [-0.4, -0.2) is 39.4 Å². The van der Waals surface area contributed by atoms with Crippen LogP contribution in [0.3, 0.4) is 0 Å².